The van der Waals surface area contributed by atoms with Gasteiger partial charge in [0.1, 0.15) is 5.52 Å². The standard InChI is InChI=1S/C52H32N4O/c1-4-10-33(11-5-1)34-16-18-35(19-17-34)36-20-25-41(26-21-36)52-53-45-31-29-38-23-22-37-24-27-42-32-43(28-30-44(42)46(37)47(38)48(45)57-52)51-55-49(39-12-6-2-7-13-39)54-50(56-51)40-14-8-3-9-15-40/h1-32H. The van der Waals surface area contributed by atoms with Gasteiger partial charge in [-0.05, 0) is 68.1 Å². The van der Waals surface area contributed by atoms with Gasteiger partial charge in [0.15, 0.2) is 23.1 Å². The van der Waals surface area contributed by atoms with Crippen LogP contribution in [0.4, 0.5) is 0 Å². The number of nitrogens with zero attached hydrogens (tertiary/aromatic N) is 4. The largest absolute Gasteiger partial charge is 0.435 e. The van der Waals surface area contributed by atoms with Crippen LogP contribution < -0.4 is 0 Å². The molecule has 5 nitrogen and oxygen atoms in total. The molecule has 0 N–H and O–H groups in total. The van der Waals surface area contributed by atoms with Gasteiger partial charge >= 0.3 is 0 Å². The third kappa shape index (κ3) is 5.90. The highest BCUT2D eigenvalue weighted by molar-refractivity contribution is 6.26. The summed E-state index contributed by atoms with van der Waals surface area (Å²) < 4.78 is 6.70. The van der Waals surface area contributed by atoms with E-state index in [2.05, 4.69) is 127 Å². The normalized spacial score (nSPS) is 11.5. The highest BCUT2D eigenvalue weighted by atomic mass is 16.3. The summed E-state index contributed by atoms with van der Waals surface area (Å²) in [5.74, 6) is 2.50. The topological polar surface area (TPSA) is 64.7 Å². The molecule has 2 heterocycles. The van der Waals surface area contributed by atoms with Crippen molar-refractivity contribution in [1.82, 2.24) is 19.9 Å². The van der Waals surface area contributed by atoms with Crippen LogP contribution in [0.3, 0.4) is 0 Å². The lowest BCUT2D eigenvalue weighted by Crippen LogP contribution is -2.00. The molecule has 0 aliphatic carbocycles. The summed E-state index contributed by atoms with van der Waals surface area (Å²) in [7, 11) is 0. The van der Waals surface area contributed by atoms with Crippen molar-refractivity contribution in [2.24, 2.45) is 0 Å². The molecular weight excluding hydrogens is 697 g/mol. The SMILES string of the molecule is c1ccc(-c2ccc(-c3ccc(-c4nc5ccc6ccc7ccc8cc(-c9nc(-c%10ccccc%10)nc(-c%10ccccc%10)n9)ccc8c7c6c5o4)cc3)cc2)cc1. The molecule has 0 bridgehead atoms. The van der Waals surface area contributed by atoms with Crippen molar-refractivity contribution < 1.29 is 4.42 Å². The summed E-state index contributed by atoms with van der Waals surface area (Å²) in [5.41, 5.74) is 10.1. The summed E-state index contributed by atoms with van der Waals surface area (Å²) in [6.45, 7) is 0. The number of hydrogen-bond acceptors (Lipinski definition) is 5. The monoisotopic (exact) mass is 728 g/mol. The van der Waals surface area contributed by atoms with Crippen LogP contribution in [0.2, 0.25) is 0 Å². The number of oxazole rings is 1. The zero-order valence-electron chi connectivity index (χ0n) is 30.7. The predicted octanol–water partition coefficient (Wildman–Crippen LogP) is 13.5. The molecular formula is C52H32N4O. The fourth-order valence-electron chi connectivity index (χ4n) is 7.84. The molecule has 57 heavy (non-hydrogen) atoms. The predicted molar refractivity (Wildman–Crippen MR) is 233 cm³/mol. The van der Waals surface area contributed by atoms with Crippen LogP contribution in [0.15, 0.2) is 199 Å². The molecule has 0 unspecified atom stereocenters. The molecule has 0 atom stereocenters. The second-order valence-corrected chi connectivity index (χ2v) is 14.3. The molecule has 0 spiro atoms. The lowest BCUT2D eigenvalue weighted by atomic mass is 9.95. The molecule has 5 heteroatoms. The summed E-state index contributed by atoms with van der Waals surface area (Å²) in [6, 6.07) is 67.1. The van der Waals surface area contributed by atoms with Crippen molar-refractivity contribution in [3.63, 3.8) is 0 Å². The molecule has 9 aromatic carbocycles. The minimum atomic E-state index is 0.598. The summed E-state index contributed by atoms with van der Waals surface area (Å²) >= 11 is 0. The highest BCUT2D eigenvalue weighted by Gasteiger charge is 2.17. The van der Waals surface area contributed by atoms with Crippen molar-refractivity contribution in [2.75, 3.05) is 0 Å². The second kappa shape index (κ2) is 13.5. The first-order valence-corrected chi connectivity index (χ1v) is 19.0. The summed E-state index contributed by atoms with van der Waals surface area (Å²) in [5, 5.41) is 6.62. The van der Waals surface area contributed by atoms with Crippen LogP contribution in [0.5, 0.6) is 0 Å². The Bertz CT molecular complexity index is 3190. The summed E-state index contributed by atoms with van der Waals surface area (Å²) in [4.78, 5) is 19.8. The van der Waals surface area contributed by atoms with Crippen LogP contribution in [-0.4, -0.2) is 19.9 Å². The second-order valence-electron chi connectivity index (χ2n) is 14.3. The van der Waals surface area contributed by atoms with Gasteiger partial charge in [0.05, 0.1) is 0 Å². The highest BCUT2D eigenvalue weighted by Crippen LogP contribution is 2.39. The van der Waals surface area contributed by atoms with Crippen molar-refractivity contribution in [1.29, 1.82) is 0 Å². The van der Waals surface area contributed by atoms with E-state index >= 15 is 0 Å². The van der Waals surface area contributed by atoms with E-state index in [4.69, 9.17) is 24.4 Å². The van der Waals surface area contributed by atoms with Gasteiger partial charge in [-0.3, -0.25) is 0 Å². The molecule has 0 saturated heterocycles. The van der Waals surface area contributed by atoms with Gasteiger partial charge in [0, 0.05) is 33.0 Å². The van der Waals surface area contributed by atoms with Gasteiger partial charge < -0.3 is 4.42 Å². The summed E-state index contributed by atoms with van der Waals surface area (Å²) in [6.07, 6.45) is 0. The van der Waals surface area contributed by atoms with E-state index in [0.29, 0.717) is 23.4 Å². The lowest BCUT2D eigenvalue weighted by Gasteiger charge is -2.11. The molecule has 2 aromatic heterocycles. The van der Waals surface area contributed by atoms with Gasteiger partial charge in [-0.1, -0.05) is 170 Å². The maximum absolute atomic E-state index is 6.70. The number of aromatic nitrogens is 4. The molecule has 0 fully saturated rings. The number of rotatable bonds is 6. The average molecular weight is 729 g/mol. The number of fused-ring (bicyclic) bond motifs is 7. The molecule has 0 radical (unpaired) electrons. The Labute approximate surface area is 328 Å². The fourth-order valence-corrected chi connectivity index (χ4v) is 7.84. The van der Waals surface area contributed by atoms with E-state index in [1.807, 2.05) is 66.7 Å². The van der Waals surface area contributed by atoms with Gasteiger partial charge in [-0.25, -0.2) is 19.9 Å². The number of hydrogen-bond donors (Lipinski definition) is 0. The zero-order chi connectivity index (χ0) is 37.7. The molecule has 266 valence electrons. The quantitative estimate of drug-likeness (QED) is 0.160. The molecule has 0 aliphatic heterocycles. The fraction of sp³-hybridized carbons (Fsp3) is 0. The number of benzene rings is 9. The Morgan fingerprint density at radius 3 is 1.28 bits per heavy atom. The maximum Gasteiger partial charge on any atom is 0.227 e. The Morgan fingerprint density at radius 2 is 0.719 bits per heavy atom. The Balaban J connectivity index is 0.991. The average Bonchev–Trinajstić information content (AvgIpc) is 3.74. The van der Waals surface area contributed by atoms with E-state index in [1.54, 1.807) is 0 Å². The minimum Gasteiger partial charge on any atom is -0.435 e. The van der Waals surface area contributed by atoms with Crippen molar-refractivity contribution in [3.05, 3.63) is 194 Å². The third-order valence-corrected chi connectivity index (χ3v) is 10.7. The van der Waals surface area contributed by atoms with E-state index in [0.717, 1.165) is 76.8 Å². The molecule has 11 rings (SSSR count). The Hall–Kier alpha value is -7.76. The molecule has 0 amide bonds. The first-order chi connectivity index (χ1) is 28.2. The van der Waals surface area contributed by atoms with Crippen molar-refractivity contribution in [3.8, 4) is 67.9 Å². The first kappa shape index (κ1) is 32.7. The maximum atomic E-state index is 6.70. The van der Waals surface area contributed by atoms with E-state index in [9.17, 15) is 0 Å². The van der Waals surface area contributed by atoms with Crippen LogP contribution in [0.25, 0.3) is 111 Å². The van der Waals surface area contributed by atoms with Crippen LogP contribution in [-0.2, 0) is 0 Å². The molecule has 0 aliphatic rings. The lowest BCUT2D eigenvalue weighted by molar-refractivity contribution is 0.623. The Kier molecular flexibility index (Phi) is 7.74. The van der Waals surface area contributed by atoms with E-state index in [1.165, 1.54) is 11.1 Å². The minimum absolute atomic E-state index is 0.598. The zero-order valence-corrected chi connectivity index (χ0v) is 30.7. The molecule has 0 saturated carbocycles. The van der Waals surface area contributed by atoms with E-state index in [-0.39, 0.29) is 0 Å². The molecule has 11 aromatic rings. The van der Waals surface area contributed by atoms with Gasteiger partial charge in [-0.2, -0.15) is 0 Å². The van der Waals surface area contributed by atoms with Gasteiger partial charge in [0.25, 0.3) is 0 Å². The van der Waals surface area contributed by atoms with Crippen LogP contribution in [0.1, 0.15) is 0 Å². The van der Waals surface area contributed by atoms with Crippen LogP contribution in [0, 0.1) is 0 Å². The van der Waals surface area contributed by atoms with Crippen molar-refractivity contribution >= 4 is 43.4 Å². The van der Waals surface area contributed by atoms with Crippen LogP contribution >= 0.6 is 0 Å². The van der Waals surface area contributed by atoms with Crippen molar-refractivity contribution in [2.45, 2.75) is 0 Å². The van der Waals surface area contributed by atoms with E-state index < -0.39 is 0 Å². The first-order valence-electron chi connectivity index (χ1n) is 19.0. The smallest absolute Gasteiger partial charge is 0.227 e. The van der Waals surface area contributed by atoms with Gasteiger partial charge in [-0.15, -0.1) is 0 Å². The Morgan fingerprint density at radius 1 is 0.298 bits per heavy atom. The van der Waals surface area contributed by atoms with Gasteiger partial charge in [0.2, 0.25) is 5.89 Å². The third-order valence-electron chi connectivity index (χ3n) is 10.7.